The highest BCUT2D eigenvalue weighted by atomic mass is 32.2. The number of thiophene rings is 2. The largest absolute Gasteiger partial charge is 0.546 e. The minimum atomic E-state index is -2.13. The van der Waals surface area contributed by atoms with Crippen molar-refractivity contribution in [2.24, 2.45) is 11.8 Å². The second-order valence-electron chi connectivity index (χ2n) is 27.0. The van der Waals surface area contributed by atoms with Gasteiger partial charge in [-0.05, 0) is 157 Å². The van der Waals surface area contributed by atoms with Crippen molar-refractivity contribution in [3.8, 4) is 0 Å². The van der Waals surface area contributed by atoms with Crippen LogP contribution in [-0.2, 0) is 50.0 Å². The summed E-state index contributed by atoms with van der Waals surface area (Å²) in [5.74, 6) is 4.86. The average Bonchev–Trinajstić information content (AvgIpc) is 2.27. The molecular weight excluding hydrogens is 1230 g/mol. The van der Waals surface area contributed by atoms with Gasteiger partial charge in [0.25, 0.3) is 0 Å². The highest BCUT2D eigenvalue weighted by Gasteiger charge is 2.48. The van der Waals surface area contributed by atoms with Crippen molar-refractivity contribution >= 4 is 133 Å². The third-order valence-electron chi connectivity index (χ3n) is 17.3. The van der Waals surface area contributed by atoms with Crippen LogP contribution < -0.4 is 0 Å². The molecule has 0 bridgehead atoms. The third-order valence-corrected chi connectivity index (χ3v) is 37.9. The quantitative estimate of drug-likeness (QED) is 0.0222. The summed E-state index contributed by atoms with van der Waals surface area (Å²) in [5, 5.41) is 23.4. The molecular formula is C66H102O10S6Si3. The number of ether oxygens (including phenoxy) is 2. The van der Waals surface area contributed by atoms with Crippen LogP contribution in [0.2, 0.25) is 54.4 Å². The van der Waals surface area contributed by atoms with Gasteiger partial charge in [-0.3, -0.25) is 14.4 Å². The Morgan fingerprint density at radius 1 is 0.659 bits per heavy atom. The van der Waals surface area contributed by atoms with Crippen LogP contribution in [0.15, 0.2) is 96.8 Å². The lowest BCUT2D eigenvalue weighted by atomic mass is 10.0. The Morgan fingerprint density at radius 3 is 1.64 bits per heavy atom. The van der Waals surface area contributed by atoms with Crippen LogP contribution in [0.5, 0.6) is 0 Å². The molecule has 0 radical (unpaired) electrons. The van der Waals surface area contributed by atoms with Gasteiger partial charge in [0.15, 0.2) is 16.6 Å². The summed E-state index contributed by atoms with van der Waals surface area (Å²) in [7, 11) is -3.49. The molecule has 10 nitrogen and oxygen atoms in total. The Morgan fingerprint density at radius 2 is 1.14 bits per heavy atom. The number of carbonyl (C=O) groups excluding carboxylic acids is 3. The standard InChI is InChI=1S/C42H72O5S3Si3.C24H30O5S3/c1-40(2,3)51(11,12)45-32(22-24-33-28-31-20-17-18-21-37(31)50-33)23-25-34-35(46-52(13,14)41(4,5)6)29-36(47-53(15,16)42(7,8)9)39(34)49-27-19-26-48-30-38(43)44-10;1-29-23(28)15-30-11-4-12-31-24-19(20(26)14-21(24)27)10-8-17(25)7-9-18-13-16-5-2-3-6-22(16)32-18/h17-18,20-21,23,25,28-29,32,34-35,39H,19,22,24,26-27,30H2,1-16H3;2-3,5-6,8,10,13,17,19-20,24-26H,4,7,9,11-12,14-15H2,1H3/b25-23+;10-8+/t32?,34-,35+,39+;17?,19-,20+,24+/m00/s1. The number of Topliss-reactive ketones (excluding diaryl/α,β-unsaturated/α-hetero) is 1. The zero-order valence-electron chi connectivity index (χ0n) is 54.1. The lowest BCUT2D eigenvalue weighted by Crippen LogP contribution is -2.45. The number of thioether (sulfide) groups is 4. The van der Waals surface area contributed by atoms with E-state index in [1.54, 1.807) is 40.9 Å². The van der Waals surface area contributed by atoms with Crippen LogP contribution in [0.25, 0.3) is 20.2 Å². The number of carbonyl (C=O) groups is 3. The highest BCUT2D eigenvalue weighted by Crippen LogP contribution is 2.48. The number of hydrogen-bond acceptors (Lipinski definition) is 16. The number of aliphatic hydroxyl groups is 2. The van der Waals surface area contributed by atoms with Gasteiger partial charge in [0.1, 0.15) is 5.78 Å². The molecule has 8 atom stereocenters. The maximum absolute atomic E-state index is 12.3. The zero-order valence-corrected chi connectivity index (χ0v) is 62.0. The van der Waals surface area contributed by atoms with Crippen LogP contribution in [0.1, 0.15) is 104 Å². The number of esters is 2. The number of aliphatic hydroxyl groups excluding tert-OH is 2. The summed E-state index contributed by atoms with van der Waals surface area (Å²) in [5.41, 5.74) is 0. The van der Waals surface area contributed by atoms with Gasteiger partial charge in [0.2, 0.25) is 8.32 Å². The van der Waals surface area contributed by atoms with Crippen LogP contribution in [0.4, 0.5) is 0 Å². The molecule has 0 amide bonds. The van der Waals surface area contributed by atoms with Gasteiger partial charge in [-0.15, -0.1) is 46.2 Å². The number of aryl methyl sites for hydroxylation is 2. The van der Waals surface area contributed by atoms with Gasteiger partial charge in [-0.2, -0.15) is 23.5 Å². The summed E-state index contributed by atoms with van der Waals surface area (Å²) in [6, 6.07) is 21.5. The number of rotatable bonds is 30. The minimum absolute atomic E-state index is 0.000330. The van der Waals surface area contributed by atoms with E-state index in [9.17, 15) is 24.6 Å². The fourth-order valence-corrected chi connectivity index (χ4v) is 19.5. The van der Waals surface area contributed by atoms with E-state index < -0.39 is 37.2 Å². The number of benzene rings is 2. The van der Waals surface area contributed by atoms with Crippen LogP contribution >= 0.6 is 69.7 Å². The van der Waals surface area contributed by atoms with Crippen molar-refractivity contribution in [2.75, 3.05) is 48.7 Å². The smallest absolute Gasteiger partial charge is 0.315 e. The van der Waals surface area contributed by atoms with E-state index >= 15 is 0 Å². The highest BCUT2D eigenvalue weighted by molar-refractivity contribution is 8.01. The molecule has 0 spiro atoms. The van der Waals surface area contributed by atoms with Crippen molar-refractivity contribution in [1.82, 2.24) is 0 Å². The summed E-state index contributed by atoms with van der Waals surface area (Å²) >= 11 is 10.4. The molecule has 2 heterocycles. The number of fused-ring (bicyclic) bond motifs is 2. The van der Waals surface area contributed by atoms with E-state index in [-0.39, 0.29) is 73.8 Å². The number of methoxy groups -OCH3 is 2. The second kappa shape index (κ2) is 33.3. The van der Waals surface area contributed by atoms with E-state index in [1.165, 1.54) is 55.9 Å². The molecule has 2 aromatic heterocycles. The molecule has 6 rings (SSSR count). The van der Waals surface area contributed by atoms with Crippen molar-refractivity contribution in [3.05, 3.63) is 107 Å². The Bertz CT molecular complexity index is 2780. The van der Waals surface area contributed by atoms with Gasteiger partial charge in [-0.25, -0.2) is 0 Å². The monoisotopic (exact) mass is 1330 g/mol. The first-order valence-electron chi connectivity index (χ1n) is 30.2. The predicted molar refractivity (Wildman–Crippen MR) is 378 cm³/mol. The van der Waals surface area contributed by atoms with Crippen molar-refractivity contribution in [2.45, 2.75) is 197 Å². The molecule has 1 saturated carbocycles. The van der Waals surface area contributed by atoms with E-state index in [1.807, 2.05) is 41.3 Å². The summed E-state index contributed by atoms with van der Waals surface area (Å²) in [6.07, 6.45) is 14.7. The average molecular weight is 1330 g/mol. The molecule has 0 aliphatic heterocycles. The predicted octanol–water partition coefficient (Wildman–Crippen LogP) is 17.2. The maximum Gasteiger partial charge on any atom is 0.315 e. The first-order valence-corrected chi connectivity index (χ1v) is 45.0. The van der Waals surface area contributed by atoms with Gasteiger partial charge >= 0.3 is 11.9 Å². The Labute approximate surface area is 539 Å². The SMILES string of the molecule is COC(=O)CSCCCS[C@H]1C(=O)C[C@@H](O)[C@@H]1/C=C/C(O)CCc1cc2ccccc2s1.COC(=O)CSCCCS[C@H]1C(O[Si](C)(C)C(C)(C)C)=C[C@@H](O[Si](C)(C)C(C)(C)C)[C@@H]1/C=C/C(CCc1cc2ccccc2s1)O[Si](C)(C)C(C)(C)C. The third kappa shape index (κ3) is 22.6. The fourth-order valence-electron chi connectivity index (χ4n) is 9.03. The van der Waals surface area contributed by atoms with E-state index in [0.717, 1.165) is 60.9 Å². The molecule has 1 fully saturated rings. The number of hydrogen-bond donors (Lipinski definition) is 2. The van der Waals surface area contributed by atoms with Crippen molar-refractivity contribution in [3.63, 3.8) is 0 Å². The Balaban J connectivity index is 0.000000350. The molecule has 0 saturated heterocycles. The molecule has 85 heavy (non-hydrogen) atoms. The first-order chi connectivity index (χ1) is 39.8. The Hall–Kier alpha value is -2.12. The van der Waals surface area contributed by atoms with Crippen molar-refractivity contribution in [1.29, 1.82) is 0 Å². The topological polar surface area (TPSA) is 138 Å². The van der Waals surface area contributed by atoms with E-state index in [4.69, 9.17) is 18.0 Å². The van der Waals surface area contributed by atoms with Gasteiger partial charge in [-0.1, -0.05) is 123 Å². The molecule has 2 aliphatic rings. The fraction of sp³-hybridized carbons (Fsp3) is 0.621. The normalized spacial score (nSPS) is 20.7. The molecule has 474 valence electrons. The van der Waals surface area contributed by atoms with Crippen LogP contribution in [0, 0.1) is 11.8 Å². The lowest BCUT2D eigenvalue weighted by Gasteiger charge is -2.40. The maximum atomic E-state index is 12.3. The van der Waals surface area contributed by atoms with E-state index in [2.05, 4.69) is 173 Å². The van der Waals surface area contributed by atoms with E-state index in [0.29, 0.717) is 17.9 Å². The number of ketones is 1. The summed E-state index contributed by atoms with van der Waals surface area (Å²) in [6.45, 7) is 35.1. The Kier molecular flexibility index (Phi) is 28.8. The first kappa shape index (κ1) is 73.6. The van der Waals surface area contributed by atoms with Gasteiger partial charge in [0, 0.05) is 37.4 Å². The van der Waals surface area contributed by atoms with Crippen LogP contribution in [0.3, 0.4) is 0 Å². The van der Waals surface area contributed by atoms with Crippen LogP contribution in [-0.4, -0.2) is 137 Å². The van der Waals surface area contributed by atoms with Gasteiger partial charge < -0.3 is 33.0 Å². The molecule has 4 aromatic rings. The molecule has 2 aromatic carbocycles. The second-order valence-corrected chi connectivity index (χ2v) is 48.3. The molecule has 19 heteroatoms. The molecule has 2 unspecified atom stereocenters. The lowest BCUT2D eigenvalue weighted by molar-refractivity contribution is -0.138. The van der Waals surface area contributed by atoms with Crippen molar-refractivity contribution < 1.29 is 47.3 Å². The summed E-state index contributed by atoms with van der Waals surface area (Å²) < 4.78 is 33.8. The minimum Gasteiger partial charge on any atom is -0.546 e. The molecule has 2 N–H and O–H groups in total. The summed E-state index contributed by atoms with van der Waals surface area (Å²) in [4.78, 5) is 37.8. The molecule has 2 aliphatic carbocycles. The van der Waals surface area contributed by atoms with Gasteiger partial charge in [0.05, 0.1) is 66.4 Å². The zero-order chi connectivity index (χ0) is 63.0.